The van der Waals surface area contributed by atoms with E-state index in [1.165, 1.54) is 22.3 Å². The van der Waals surface area contributed by atoms with Crippen LogP contribution >= 0.6 is 0 Å². The Hall–Kier alpha value is -2.82. The number of fused-ring (bicyclic) bond motifs is 1. The van der Waals surface area contributed by atoms with Crippen molar-refractivity contribution in [2.75, 3.05) is 11.1 Å². The van der Waals surface area contributed by atoms with Crippen LogP contribution in [0.15, 0.2) is 48.5 Å². The number of nitrogen functional groups attached to an aromatic ring is 1. The number of benzene rings is 2. The lowest BCUT2D eigenvalue weighted by molar-refractivity contribution is 0.430. The molecular weight excluding hydrogens is 298 g/mol. The molecule has 2 atom stereocenters. The molecule has 3 N–H and O–H groups in total. The van der Waals surface area contributed by atoms with Crippen LogP contribution in [-0.2, 0) is 0 Å². The molecule has 2 aromatic carbocycles. The van der Waals surface area contributed by atoms with Crippen LogP contribution in [0, 0.1) is 13.8 Å². The molecule has 2 heterocycles. The van der Waals surface area contributed by atoms with Crippen molar-refractivity contribution in [3.63, 3.8) is 0 Å². The lowest BCUT2D eigenvalue weighted by atomic mass is 9.91. The molecule has 5 heteroatoms. The number of aryl methyl sites for hydroxylation is 2. The van der Waals surface area contributed by atoms with Gasteiger partial charge in [0.1, 0.15) is 0 Å². The predicted molar refractivity (Wildman–Crippen MR) is 95.9 cm³/mol. The maximum Gasteiger partial charge on any atom is 0.241 e. The maximum absolute atomic E-state index is 5.86. The van der Waals surface area contributed by atoms with Gasteiger partial charge in [0.05, 0.1) is 12.1 Å². The van der Waals surface area contributed by atoms with E-state index in [1.807, 2.05) is 4.68 Å². The first kappa shape index (κ1) is 14.8. The van der Waals surface area contributed by atoms with E-state index in [0.717, 1.165) is 12.4 Å². The summed E-state index contributed by atoms with van der Waals surface area (Å²) in [4.78, 5) is 4.37. The van der Waals surface area contributed by atoms with Crippen LogP contribution < -0.4 is 11.1 Å². The third-order valence-electron chi connectivity index (χ3n) is 4.73. The zero-order chi connectivity index (χ0) is 16.7. The Morgan fingerprint density at radius 2 is 1.83 bits per heavy atom. The van der Waals surface area contributed by atoms with Crippen LogP contribution in [0.1, 0.15) is 40.8 Å². The summed E-state index contributed by atoms with van der Waals surface area (Å²) in [6.07, 6.45) is 0.906. The van der Waals surface area contributed by atoms with E-state index in [-0.39, 0.29) is 12.1 Å². The van der Waals surface area contributed by atoms with Crippen molar-refractivity contribution in [3.05, 3.63) is 70.8 Å². The van der Waals surface area contributed by atoms with Gasteiger partial charge in [0.2, 0.25) is 11.9 Å². The summed E-state index contributed by atoms with van der Waals surface area (Å²) in [6.45, 7) is 4.24. The third-order valence-corrected chi connectivity index (χ3v) is 4.73. The molecule has 0 saturated carbocycles. The summed E-state index contributed by atoms with van der Waals surface area (Å²) in [5.74, 6) is 1.04. The zero-order valence-electron chi connectivity index (χ0n) is 13.9. The molecule has 5 nitrogen and oxygen atoms in total. The van der Waals surface area contributed by atoms with Crippen molar-refractivity contribution in [3.8, 4) is 0 Å². The SMILES string of the molecule is Cc1ccc([C@H]2C[C@H](c3ccccc3C)n3nc(N)nc3N2)cc1. The zero-order valence-corrected chi connectivity index (χ0v) is 13.9. The number of nitrogens with two attached hydrogens (primary N) is 1. The van der Waals surface area contributed by atoms with Gasteiger partial charge in [-0.05, 0) is 37.0 Å². The summed E-state index contributed by atoms with van der Waals surface area (Å²) in [5.41, 5.74) is 10.9. The highest BCUT2D eigenvalue weighted by Crippen LogP contribution is 2.38. The quantitative estimate of drug-likeness (QED) is 0.757. The number of rotatable bonds is 2. The van der Waals surface area contributed by atoms with Gasteiger partial charge in [-0.1, -0.05) is 54.1 Å². The average Bonchev–Trinajstić information content (AvgIpc) is 2.95. The Morgan fingerprint density at radius 1 is 1.08 bits per heavy atom. The number of hydrogen-bond donors (Lipinski definition) is 2. The van der Waals surface area contributed by atoms with Crippen molar-refractivity contribution >= 4 is 11.9 Å². The van der Waals surface area contributed by atoms with E-state index >= 15 is 0 Å². The first-order valence-electron chi connectivity index (χ1n) is 8.22. The molecule has 0 bridgehead atoms. The molecule has 24 heavy (non-hydrogen) atoms. The van der Waals surface area contributed by atoms with Gasteiger partial charge in [0, 0.05) is 0 Å². The van der Waals surface area contributed by atoms with Crippen LogP contribution in [0.3, 0.4) is 0 Å². The summed E-state index contributed by atoms with van der Waals surface area (Å²) >= 11 is 0. The van der Waals surface area contributed by atoms with E-state index in [9.17, 15) is 0 Å². The van der Waals surface area contributed by atoms with E-state index in [2.05, 4.69) is 77.8 Å². The standard InChI is InChI=1S/C19H21N5/c1-12-7-9-14(10-8-12)16-11-17(15-6-4-3-5-13(15)2)24-19(21-16)22-18(20)23-24/h3-10,16-17H,11H2,1-2H3,(H3,20,21,22,23)/t16-,17-/m1/s1. The number of hydrogen-bond acceptors (Lipinski definition) is 4. The van der Waals surface area contributed by atoms with Crippen molar-refractivity contribution in [2.45, 2.75) is 32.4 Å². The van der Waals surface area contributed by atoms with Gasteiger partial charge in [-0.3, -0.25) is 0 Å². The summed E-state index contributed by atoms with van der Waals surface area (Å²) in [7, 11) is 0. The monoisotopic (exact) mass is 319 g/mol. The fraction of sp³-hybridized carbons (Fsp3) is 0.263. The van der Waals surface area contributed by atoms with E-state index in [4.69, 9.17) is 5.73 Å². The molecule has 0 fully saturated rings. The van der Waals surface area contributed by atoms with Crippen LogP contribution in [0.5, 0.6) is 0 Å². The van der Waals surface area contributed by atoms with Gasteiger partial charge in [-0.2, -0.15) is 4.98 Å². The normalized spacial score (nSPS) is 19.6. The molecule has 122 valence electrons. The summed E-state index contributed by atoms with van der Waals surface area (Å²) < 4.78 is 1.92. The van der Waals surface area contributed by atoms with Crippen molar-refractivity contribution in [2.24, 2.45) is 0 Å². The highest BCUT2D eigenvalue weighted by molar-refractivity contribution is 5.43. The maximum atomic E-state index is 5.86. The molecule has 1 aliphatic heterocycles. The Labute approximate surface area is 141 Å². The van der Waals surface area contributed by atoms with Crippen LogP contribution in [0.2, 0.25) is 0 Å². The number of nitrogens with one attached hydrogen (secondary N) is 1. The van der Waals surface area contributed by atoms with Gasteiger partial charge in [-0.25, -0.2) is 4.68 Å². The average molecular weight is 319 g/mol. The van der Waals surface area contributed by atoms with E-state index in [1.54, 1.807) is 0 Å². The molecule has 3 aromatic rings. The Balaban J connectivity index is 1.78. The van der Waals surface area contributed by atoms with Gasteiger partial charge in [-0.15, -0.1) is 5.10 Å². The molecular formula is C19H21N5. The second kappa shape index (κ2) is 5.67. The Kier molecular flexibility index (Phi) is 3.49. The molecule has 0 saturated heterocycles. The molecule has 0 aliphatic carbocycles. The van der Waals surface area contributed by atoms with Crippen LogP contribution in [0.4, 0.5) is 11.9 Å². The minimum absolute atomic E-state index is 0.124. The van der Waals surface area contributed by atoms with Crippen molar-refractivity contribution < 1.29 is 0 Å². The first-order valence-corrected chi connectivity index (χ1v) is 8.22. The fourth-order valence-corrected chi connectivity index (χ4v) is 3.43. The van der Waals surface area contributed by atoms with Gasteiger partial charge < -0.3 is 11.1 Å². The minimum atomic E-state index is 0.124. The second-order valence-corrected chi connectivity index (χ2v) is 6.45. The minimum Gasteiger partial charge on any atom is -0.366 e. The largest absolute Gasteiger partial charge is 0.366 e. The summed E-state index contributed by atoms with van der Waals surface area (Å²) in [5, 5.41) is 7.90. The smallest absolute Gasteiger partial charge is 0.241 e. The van der Waals surface area contributed by atoms with Crippen molar-refractivity contribution in [1.82, 2.24) is 14.8 Å². The number of anilines is 2. The van der Waals surface area contributed by atoms with E-state index in [0.29, 0.717) is 5.95 Å². The van der Waals surface area contributed by atoms with Crippen LogP contribution in [-0.4, -0.2) is 14.8 Å². The lowest BCUT2D eigenvalue weighted by Crippen LogP contribution is -2.28. The van der Waals surface area contributed by atoms with Gasteiger partial charge in [0.25, 0.3) is 0 Å². The molecule has 0 amide bonds. The number of nitrogens with zero attached hydrogens (tertiary/aromatic N) is 3. The first-order chi connectivity index (χ1) is 11.6. The molecule has 0 unspecified atom stereocenters. The topological polar surface area (TPSA) is 68.8 Å². The van der Waals surface area contributed by atoms with Crippen LogP contribution in [0.25, 0.3) is 0 Å². The summed E-state index contributed by atoms with van der Waals surface area (Å²) in [6, 6.07) is 17.4. The molecule has 1 aromatic heterocycles. The predicted octanol–water partition coefficient (Wildman–Crippen LogP) is 3.62. The van der Waals surface area contributed by atoms with Crippen molar-refractivity contribution in [1.29, 1.82) is 0 Å². The lowest BCUT2D eigenvalue weighted by Gasteiger charge is -2.32. The van der Waals surface area contributed by atoms with Gasteiger partial charge >= 0.3 is 0 Å². The highest BCUT2D eigenvalue weighted by atomic mass is 15.4. The third kappa shape index (κ3) is 2.52. The fourth-order valence-electron chi connectivity index (χ4n) is 3.43. The molecule has 1 aliphatic rings. The molecule has 0 radical (unpaired) electrons. The van der Waals surface area contributed by atoms with Gasteiger partial charge in [0.15, 0.2) is 0 Å². The second-order valence-electron chi connectivity index (χ2n) is 6.45. The highest BCUT2D eigenvalue weighted by Gasteiger charge is 2.31. The Bertz CT molecular complexity index is 866. The van der Waals surface area contributed by atoms with E-state index < -0.39 is 0 Å². The Morgan fingerprint density at radius 3 is 2.58 bits per heavy atom. The molecule has 4 rings (SSSR count). The number of aromatic nitrogens is 3. The molecule has 0 spiro atoms.